The van der Waals surface area contributed by atoms with E-state index in [9.17, 15) is 19.5 Å². The summed E-state index contributed by atoms with van der Waals surface area (Å²) >= 11 is 0. The van der Waals surface area contributed by atoms with Crippen molar-refractivity contribution in [3.05, 3.63) is 24.3 Å². The number of aliphatic hydroxyl groups is 1. The van der Waals surface area contributed by atoms with Gasteiger partial charge in [0.2, 0.25) is 5.91 Å². The first-order valence-electron chi connectivity index (χ1n) is 11.6. The lowest BCUT2D eigenvalue weighted by molar-refractivity contribution is -0.165. The number of amides is 1. The van der Waals surface area contributed by atoms with Gasteiger partial charge in [0, 0.05) is 31.2 Å². The molecule has 31 heavy (non-hydrogen) atoms. The van der Waals surface area contributed by atoms with Crippen molar-refractivity contribution >= 4 is 17.7 Å². The summed E-state index contributed by atoms with van der Waals surface area (Å²) in [5, 5.41) is 13.3. The zero-order valence-corrected chi connectivity index (χ0v) is 19.9. The molecule has 176 valence electrons. The lowest BCUT2D eigenvalue weighted by Crippen LogP contribution is -2.42. The molecule has 1 amide bonds. The van der Waals surface area contributed by atoms with Gasteiger partial charge >= 0.3 is 5.97 Å². The van der Waals surface area contributed by atoms with Gasteiger partial charge in [-0.3, -0.25) is 9.59 Å². The highest BCUT2D eigenvalue weighted by atomic mass is 16.5. The molecule has 1 saturated carbocycles. The lowest BCUT2D eigenvalue weighted by atomic mass is 9.87. The number of nitrogens with one attached hydrogen (secondary N) is 1. The number of ketones is 1. The molecule has 0 saturated heterocycles. The number of carbonyl (C=O) groups excluding carboxylic acids is 3. The van der Waals surface area contributed by atoms with Crippen LogP contribution >= 0.6 is 0 Å². The highest BCUT2D eigenvalue weighted by Gasteiger charge is 2.40. The number of hydrogen-bond acceptors (Lipinski definition) is 5. The first kappa shape index (κ1) is 27.1. The van der Waals surface area contributed by atoms with E-state index in [2.05, 4.69) is 29.1 Å². The summed E-state index contributed by atoms with van der Waals surface area (Å²) in [5.41, 5.74) is -1.55. The molecule has 0 spiro atoms. The van der Waals surface area contributed by atoms with Gasteiger partial charge in [-0.2, -0.15) is 0 Å². The van der Waals surface area contributed by atoms with Gasteiger partial charge in [0.15, 0.2) is 5.60 Å². The summed E-state index contributed by atoms with van der Waals surface area (Å²) in [6.45, 7) is 6.92. The third-order valence-electron chi connectivity index (χ3n) is 6.34. The average molecular weight is 436 g/mol. The molecule has 5 atom stereocenters. The van der Waals surface area contributed by atoms with Gasteiger partial charge in [-0.15, -0.1) is 0 Å². The van der Waals surface area contributed by atoms with Crippen molar-refractivity contribution in [3.8, 4) is 0 Å². The van der Waals surface area contributed by atoms with Crippen LogP contribution in [0.25, 0.3) is 0 Å². The van der Waals surface area contributed by atoms with E-state index in [1.807, 2.05) is 12.2 Å². The Balaban J connectivity index is 2.73. The van der Waals surface area contributed by atoms with Crippen molar-refractivity contribution in [1.29, 1.82) is 0 Å². The summed E-state index contributed by atoms with van der Waals surface area (Å²) < 4.78 is 4.66. The number of unbranched alkanes of at least 4 members (excludes halogenated alkanes) is 4. The Morgan fingerprint density at radius 2 is 1.97 bits per heavy atom. The Morgan fingerprint density at radius 3 is 2.58 bits per heavy atom. The predicted molar refractivity (Wildman–Crippen MR) is 122 cm³/mol. The van der Waals surface area contributed by atoms with Crippen LogP contribution in [0.15, 0.2) is 24.3 Å². The van der Waals surface area contributed by atoms with Gasteiger partial charge in [-0.05, 0) is 38.5 Å². The molecular weight excluding hydrogens is 394 g/mol. The Kier molecular flexibility index (Phi) is 11.8. The maximum absolute atomic E-state index is 12.6. The van der Waals surface area contributed by atoms with Crippen LogP contribution in [0, 0.1) is 17.8 Å². The second-order valence-corrected chi connectivity index (χ2v) is 8.92. The largest absolute Gasteiger partial charge is 0.467 e. The molecule has 0 bridgehead atoms. The van der Waals surface area contributed by atoms with E-state index in [0.717, 1.165) is 12.8 Å². The molecule has 0 aromatic rings. The summed E-state index contributed by atoms with van der Waals surface area (Å²) in [5.74, 6) is -1.10. The molecule has 2 unspecified atom stereocenters. The summed E-state index contributed by atoms with van der Waals surface area (Å²) in [7, 11) is 1.26. The third-order valence-corrected chi connectivity index (χ3v) is 6.34. The van der Waals surface area contributed by atoms with Gasteiger partial charge in [0.25, 0.3) is 0 Å². The van der Waals surface area contributed by atoms with E-state index >= 15 is 0 Å². The smallest absolute Gasteiger partial charge is 0.337 e. The minimum atomic E-state index is -1.55. The number of methoxy groups -OCH3 is 1. The first-order valence-corrected chi connectivity index (χ1v) is 11.6. The molecule has 1 aliphatic carbocycles. The lowest BCUT2D eigenvalue weighted by Gasteiger charge is -2.26. The topological polar surface area (TPSA) is 92.7 Å². The van der Waals surface area contributed by atoms with Gasteiger partial charge < -0.3 is 15.2 Å². The second-order valence-electron chi connectivity index (χ2n) is 8.92. The Bertz CT molecular complexity index is 652. The first-order chi connectivity index (χ1) is 14.6. The number of carbonyl (C=O) groups is 3. The third kappa shape index (κ3) is 8.60. The highest BCUT2D eigenvalue weighted by molar-refractivity contribution is 5.86. The zero-order chi connectivity index (χ0) is 23.4. The molecule has 2 N–H and O–H groups in total. The van der Waals surface area contributed by atoms with Crippen LogP contribution in [-0.4, -0.2) is 41.5 Å². The minimum Gasteiger partial charge on any atom is -0.467 e. The average Bonchev–Trinajstić information content (AvgIpc) is 3.00. The predicted octanol–water partition coefficient (Wildman–Crippen LogP) is 4.12. The monoisotopic (exact) mass is 435 g/mol. The van der Waals surface area contributed by atoms with E-state index in [1.165, 1.54) is 40.2 Å². The molecule has 0 radical (unpaired) electrons. The molecule has 0 aromatic carbocycles. The summed E-state index contributed by atoms with van der Waals surface area (Å²) in [6.07, 6.45) is 15.3. The number of allylic oxidation sites excluding steroid dienone is 3. The fourth-order valence-electron chi connectivity index (χ4n) is 4.09. The van der Waals surface area contributed by atoms with E-state index < -0.39 is 11.6 Å². The van der Waals surface area contributed by atoms with E-state index in [-0.39, 0.29) is 35.5 Å². The van der Waals surface area contributed by atoms with Crippen molar-refractivity contribution < 1.29 is 24.2 Å². The highest BCUT2D eigenvalue weighted by Crippen LogP contribution is 2.34. The fourth-order valence-corrected chi connectivity index (χ4v) is 4.09. The Hall–Kier alpha value is -1.95. The Labute approximate surface area is 187 Å². The van der Waals surface area contributed by atoms with Gasteiger partial charge in [-0.1, -0.05) is 57.4 Å². The molecule has 0 heterocycles. The second kappa shape index (κ2) is 13.5. The van der Waals surface area contributed by atoms with Crippen LogP contribution < -0.4 is 5.32 Å². The zero-order valence-electron chi connectivity index (χ0n) is 19.9. The fraction of sp³-hybridized carbons (Fsp3) is 0.720. The van der Waals surface area contributed by atoms with Crippen LogP contribution in [0.5, 0.6) is 0 Å². The molecule has 1 fully saturated rings. The molecular formula is C25H41NO5. The Morgan fingerprint density at radius 1 is 1.26 bits per heavy atom. The summed E-state index contributed by atoms with van der Waals surface area (Å²) in [6, 6.07) is -0.158. The normalized spacial score (nSPS) is 24.5. The van der Waals surface area contributed by atoms with Crippen LogP contribution in [0.4, 0.5) is 0 Å². The maximum atomic E-state index is 12.6. The van der Waals surface area contributed by atoms with Crippen molar-refractivity contribution in [2.75, 3.05) is 7.11 Å². The van der Waals surface area contributed by atoms with Crippen LogP contribution in [0.1, 0.15) is 79.1 Å². The minimum absolute atomic E-state index is 0.0113. The van der Waals surface area contributed by atoms with E-state index in [4.69, 9.17) is 0 Å². The van der Waals surface area contributed by atoms with Crippen LogP contribution in [0.3, 0.4) is 0 Å². The van der Waals surface area contributed by atoms with Crippen LogP contribution in [-0.2, 0) is 19.1 Å². The molecule has 6 nitrogen and oxygen atoms in total. The van der Waals surface area contributed by atoms with Crippen molar-refractivity contribution in [1.82, 2.24) is 5.32 Å². The molecule has 0 aromatic heterocycles. The number of esters is 1. The van der Waals surface area contributed by atoms with Gasteiger partial charge in [0.1, 0.15) is 5.78 Å². The van der Waals surface area contributed by atoms with E-state index in [0.29, 0.717) is 19.3 Å². The number of rotatable bonds is 13. The van der Waals surface area contributed by atoms with Crippen molar-refractivity contribution in [2.45, 2.75) is 90.7 Å². The summed E-state index contributed by atoms with van der Waals surface area (Å²) in [4.78, 5) is 36.0. The number of hydrogen-bond donors (Lipinski definition) is 2. The van der Waals surface area contributed by atoms with Gasteiger partial charge in [-0.25, -0.2) is 4.79 Å². The quantitative estimate of drug-likeness (QED) is 0.258. The molecule has 1 aliphatic rings. The SMILES string of the molecule is CCCCCC/C=C/[C@H]1[C@H](NC(C)=O)CC(=O)[C@@H]1C/C=C\CC(C)C(C)(O)C(=O)OC. The van der Waals surface area contributed by atoms with Gasteiger partial charge in [0.05, 0.1) is 7.11 Å². The number of Topliss-reactive ketones (excluding diaryl/α,β-unsaturated/α-hetero) is 1. The van der Waals surface area contributed by atoms with E-state index in [1.54, 1.807) is 6.92 Å². The van der Waals surface area contributed by atoms with Crippen molar-refractivity contribution in [3.63, 3.8) is 0 Å². The molecule has 0 aliphatic heterocycles. The van der Waals surface area contributed by atoms with Crippen LogP contribution in [0.2, 0.25) is 0 Å². The number of ether oxygens (including phenoxy) is 1. The standard InChI is InChI=1S/C25H41NO5/c1-6-7-8-9-10-11-15-20-21(23(28)17-22(20)26-19(3)27)16-13-12-14-18(2)25(4,30)24(29)31-5/h11-13,15,18,20-22,30H,6-10,14,16-17H2,1-5H3,(H,26,27)/b13-12-,15-11+/t18?,20-,21-,22-,25?/m1/s1. The maximum Gasteiger partial charge on any atom is 0.337 e. The van der Waals surface area contributed by atoms with Crippen molar-refractivity contribution in [2.24, 2.45) is 17.8 Å². The molecule has 6 heteroatoms. The molecule has 1 rings (SSSR count).